The summed E-state index contributed by atoms with van der Waals surface area (Å²) in [5, 5.41) is 8.45. The normalized spacial score (nSPS) is 16.7. The second-order valence-electron chi connectivity index (χ2n) is 7.01. The molecule has 3 aromatic rings. The molecule has 0 saturated carbocycles. The summed E-state index contributed by atoms with van der Waals surface area (Å²) in [6, 6.07) is 8.15. The molecule has 0 N–H and O–H groups in total. The molecule has 0 fully saturated rings. The van der Waals surface area contributed by atoms with Crippen molar-refractivity contribution < 1.29 is 9.53 Å². The number of rotatable bonds is 5. The topological polar surface area (TPSA) is 78.1 Å². The van der Waals surface area contributed by atoms with Crippen molar-refractivity contribution in [3.05, 3.63) is 41.7 Å². The fourth-order valence-electron chi connectivity index (χ4n) is 3.87. The molecule has 8 nitrogen and oxygen atoms in total. The van der Waals surface area contributed by atoms with Crippen molar-refractivity contribution in [3.8, 4) is 0 Å². The third kappa shape index (κ3) is 3.21. The van der Waals surface area contributed by atoms with Crippen molar-refractivity contribution in [3.63, 3.8) is 0 Å². The van der Waals surface area contributed by atoms with Crippen LogP contribution in [0.2, 0.25) is 0 Å². The first-order valence-electron chi connectivity index (χ1n) is 9.19. The summed E-state index contributed by atoms with van der Waals surface area (Å²) in [5.74, 6) is 2.69. The minimum Gasteiger partial charge on any atom is -0.377 e. The number of benzene rings is 1. The van der Waals surface area contributed by atoms with E-state index in [0.29, 0.717) is 32.7 Å². The third-order valence-corrected chi connectivity index (χ3v) is 5.12. The Hall–Kier alpha value is -2.74. The lowest BCUT2D eigenvalue weighted by atomic mass is 10.2. The molecule has 1 aromatic carbocycles. The molecule has 0 saturated heterocycles. The Kier molecular flexibility index (Phi) is 4.65. The van der Waals surface area contributed by atoms with Crippen molar-refractivity contribution in [1.82, 2.24) is 29.2 Å². The summed E-state index contributed by atoms with van der Waals surface area (Å²) < 4.78 is 9.38. The van der Waals surface area contributed by atoms with E-state index in [-0.39, 0.29) is 11.9 Å². The van der Waals surface area contributed by atoms with Crippen LogP contribution in [0.25, 0.3) is 11.0 Å². The second kappa shape index (κ2) is 7.11. The van der Waals surface area contributed by atoms with Crippen LogP contribution in [0.5, 0.6) is 0 Å². The van der Waals surface area contributed by atoms with E-state index in [1.54, 1.807) is 7.11 Å². The first-order valence-corrected chi connectivity index (χ1v) is 9.19. The summed E-state index contributed by atoms with van der Waals surface area (Å²) in [6.45, 7) is 6.26. The SMILES string of the molecule is COCc1nnc2n1[C@@H](C)CN(C(=O)CCn1c(C)nc3ccccc31)C2. The van der Waals surface area contributed by atoms with Crippen molar-refractivity contribution in [2.45, 2.75) is 46.0 Å². The Morgan fingerprint density at radius 2 is 2.11 bits per heavy atom. The van der Waals surface area contributed by atoms with Gasteiger partial charge in [-0.05, 0) is 26.0 Å². The predicted octanol–water partition coefficient (Wildman–Crippen LogP) is 2.08. The number of para-hydroxylation sites is 2. The zero-order chi connectivity index (χ0) is 19.0. The fraction of sp³-hybridized carbons (Fsp3) is 0.474. The van der Waals surface area contributed by atoms with Gasteiger partial charge in [-0.2, -0.15) is 0 Å². The Labute approximate surface area is 157 Å². The number of fused-ring (bicyclic) bond motifs is 2. The third-order valence-electron chi connectivity index (χ3n) is 5.12. The van der Waals surface area contributed by atoms with E-state index in [1.165, 1.54) is 0 Å². The van der Waals surface area contributed by atoms with Crippen molar-refractivity contribution in [2.24, 2.45) is 0 Å². The molecule has 0 aliphatic carbocycles. The van der Waals surface area contributed by atoms with Gasteiger partial charge in [0, 0.05) is 26.6 Å². The Bertz CT molecular complexity index is 976. The van der Waals surface area contributed by atoms with E-state index in [0.717, 1.165) is 28.5 Å². The average molecular weight is 368 g/mol. The van der Waals surface area contributed by atoms with Crippen molar-refractivity contribution in [1.29, 1.82) is 0 Å². The van der Waals surface area contributed by atoms with Crippen LogP contribution in [0, 0.1) is 6.92 Å². The Morgan fingerprint density at radius 3 is 2.93 bits per heavy atom. The standard InChI is InChI=1S/C19H24N6O2/c1-13-10-23(11-17-21-22-18(12-27-3)25(13)17)19(26)8-9-24-14(2)20-15-6-4-5-7-16(15)24/h4-7,13H,8-12H2,1-3H3/t13-/m0/s1. The second-order valence-corrected chi connectivity index (χ2v) is 7.01. The molecule has 1 aliphatic rings. The van der Waals surface area contributed by atoms with E-state index in [9.17, 15) is 4.79 Å². The van der Waals surface area contributed by atoms with Crippen LogP contribution in [0.4, 0.5) is 0 Å². The van der Waals surface area contributed by atoms with Crippen molar-refractivity contribution in [2.75, 3.05) is 13.7 Å². The first-order chi connectivity index (χ1) is 13.1. The molecule has 27 heavy (non-hydrogen) atoms. The summed E-state index contributed by atoms with van der Waals surface area (Å²) in [6.07, 6.45) is 0.437. The summed E-state index contributed by atoms with van der Waals surface area (Å²) in [7, 11) is 1.65. The summed E-state index contributed by atoms with van der Waals surface area (Å²) in [4.78, 5) is 19.3. The average Bonchev–Trinajstić information content (AvgIpc) is 3.20. The number of nitrogens with zero attached hydrogens (tertiary/aromatic N) is 6. The largest absolute Gasteiger partial charge is 0.377 e. The number of hydrogen-bond donors (Lipinski definition) is 0. The highest BCUT2D eigenvalue weighted by molar-refractivity contribution is 5.78. The molecule has 0 spiro atoms. The van der Waals surface area contributed by atoms with Gasteiger partial charge in [-0.1, -0.05) is 12.1 Å². The van der Waals surface area contributed by atoms with Crippen LogP contribution in [0.15, 0.2) is 24.3 Å². The maximum atomic E-state index is 12.8. The maximum Gasteiger partial charge on any atom is 0.224 e. The number of ether oxygens (including phenoxy) is 1. The van der Waals surface area contributed by atoms with Crippen LogP contribution in [0.3, 0.4) is 0 Å². The zero-order valence-electron chi connectivity index (χ0n) is 15.9. The predicted molar refractivity (Wildman–Crippen MR) is 100.0 cm³/mol. The van der Waals surface area contributed by atoms with Gasteiger partial charge in [0.2, 0.25) is 5.91 Å². The Morgan fingerprint density at radius 1 is 1.30 bits per heavy atom. The van der Waals surface area contributed by atoms with Gasteiger partial charge >= 0.3 is 0 Å². The smallest absolute Gasteiger partial charge is 0.224 e. The first kappa shape index (κ1) is 17.7. The molecular weight excluding hydrogens is 344 g/mol. The molecule has 1 aliphatic heterocycles. The number of aryl methyl sites for hydroxylation is 2. The number of hydrogen-bond acceptors (Lipinski definition) is 5. The van der Waals surface area contributed by atoms with Crippen LogP contribution < -0.4 is 0 Å². The van der Waals surface area contributed by atoms with E-state index >= 15 is 0 Å². The molecule has 4 rings (SSSR count). The van der Waals surface area contributed by atoms with Crippen molar-refractivity contribution >= 4 is 16.9 Å². The molecule has 0 unspecified atom stereocenters. The lowest BCUT2D eigenvalue weighted by molar-refractivity contribution is -0.133. The van der Waals surface area contributed by atoms with Gasteiger partial charge in [-0.15, -0.1) is 10.2 Å². The van der Waals surface area contributed by atoms with Crippen LogP contribution >= 0.6 is 0 Å². The number of amides is 1. The van der Waals surface area contributed by atoms with E-state index < -0.39 is 0 Å². The molecule has 2 aromatic heterocycles. The monoisotopic (exact) mass is 368 g/mol. The molecule has 1 atom stereocenters. The van der Waals surface area contributed by atoms with Gasteiger partial charge in [-0.3, -0.25) is 4.79 Å². The molecular formula is C19H24N6O2. The molecule has 142 valence electrons. The maximum absolute atomic E-state index is 12.8. The molecule has 8 heteroatoms. The molecule has 1 amide bonds. The highest BCUT2D eigenvalue weighted by Crippen LogP contribution is 2.23. The number of imidazole rings is 1. The van der Waals surface area contributed by atoms with Crippen LogP contribution in [-0.4, -0.2) is 48.8 Å². The van der Waals surface area contributed by atoms with Gasteiger partial charge in [-0.25, -0.2) is 4.98 Å². The van der Waals surface area contributed by atoms with Gasteiger partial charge in [0.25, 0.3) is 0 Å². The quantitative estimate of drug-likeness (QED) is 0.689. The minimum atomic E-state index is 0.126. The summed E-state index contributed by atoms with van der Waals surface area (Å²) in [5.41, 5.74) is 2.03. The highest BCUT2D eigenvalue weighted by Gasteiger charge is 2.29. The highest BCUT2D eigenvalue weighted by atomic mass is 16.5. The van der Waals surface area contributed by atoms with Gasteiger partial charge < -0.3 is 18.8 Å². The zero-order valence-corrected chi connectivity index (χ0v) is 15.9. The van der Waals surface area contributed by atoms with E-state index in [2.05, 4.69) is 31.2 Å². The lowest BCUT2D eigenvalue weighted by Gasteiger charge is -2.32. The molecule has 0 radical (unpaired) electrons. The van der Waals surface area contributed by atoms with Crippen LogP contribution in [-0.2, 0) is 29.2 Å². The van der Waals surface area contributed by atoms with Gasteiger partial charge in [0.05, 0.1) is 23.6 Å². The van der Waals surface area contributed by atoms with E-state index in [4.69, 9.17) is 4.74 Å². The summed E-state index contributed by atoms with van der Waals surface area (Å²) >= 11 is 0. The van der Waals surface area contributed by atoms with Gasteiger partial charge in [0.15, 0.2) is 11.6 Å². The number of carbonyl (C=O) groups is 1. The Balaban J connectivity index is 1.46. The number of methoxy groups -OCH3 is 1. The van der Waals surface area contributed by atoms with E-state index in [1.807, 2.05) is 36.1 Å². The van der Waals surface area contributed by atoms with Gasteiger partial charge in [0.1, 0.15) is 12.4 Å². The number of aromatic nitrogens is 5. The number of carbonyl (C=O) groups excluding carboxylic acids is 1. The fourth-order valence-corrected chi connectivity index (χ4v) is 3.87. The van der Waals surface area contributed by atoms with Crippen LogP contribution in [0.1, 0.15) is 36.9 Å². The lowest BCUT2D eigenvalue weighted by Crippen LogP contribution is -2.41. The molecule has 0 bridgehead atoms. The minimum absolute atomic E-state index is 0.126. The molecule has 3 heterocycles.